The summed E-state index contributed by atoms with van der Waals surface area (Å²) in [6, 6.07) is 10.1. The summed E-state index contributed by atoms with van der Waals surface area (Å²) in [5, 5.41) is 12.6. The molecule has 0 spiro atoms. The Bertz CT molecular complexity index is 1170. The smallest absolute Gasteiger partial charge is 0.332 e. The highest BCUT2D eigenvalue weighted by Gasteiger charge is 2.42. The van der Waals surface area contributed by atoms with Gasteiger partial charge >= 0.3 is 17.9 Å². The number of ether oxygens (including phenoxy) is 3. The Morgan fingerprint density at radius 1 is 1.14 bits per heavy atom. The highest BCUT2D eigenvalue weighted by Crippen LogP contribution is 2.28. The molecule has 0 saturated carbocycles. The van der Waals surface area contributed by atoms with Gasteiger partial charge in [-0.2, -0.15) is 0 Å². The molecule has 6 N–H and O–H groups in total. The molecule has 198 valence electrons. The average molecular weight is 514 g/mol. The fourth-order valence-corrected chi connectivity index (χ4v) is 3.84. The number of nitrogens with one attached hydrogen (secondary N) is 1. The number of benzene rings is 2. The number of phenolic OH excluding ortho intramolecular Hbond substituents is 1. The van der Waals surface area contributed by atoms with Crippen molar-refractivity contribution in [3.8, 4) is 5.75 Å². The van der Waals surface area contributed by atoms with Gasteiger partial charge in [0, 0.05) is 5.69 Å². The minimum Gasteiger partial charge on any atom is -0.505 e. The molecule has 0 unspecified atom stereocenters. The first-order chi connectivity index (χ1) is 17.5. The van der Waals surface area contributed by atoms with E-state index in [1.54, 1.807) is 26.0 Å². The predicted molar refractivity (Wildman–Crippen MR) is 133 cm³/mol. The zero-order valence-electron chi connectivity index (χ0n) is 20.8. The van der Waals surface area contributed by atoms with E-state index in [4.69, 9.17) is 25.7 Å². The fourth-order valence-electron chi connectivity index (χ4n) is 3.84. The monoisotopic (exact) mass is 513 g/mol. The molecule has 2 aromatic carbocycles. The number of esters is 3. The van der Waals surface area contributed by atoms with Gasteiger partial charge in [-0.1, -0.05) is 44.2 Å². The molecule has 1 aliphatic rings. The predicted octanol–water partition coefficient (Wildman–Crippen LogP) is 1.57. The van der Waals surface area contributed by atoms with Gasteiger partial charge in [0.1, 0.15) is 18.6 Å². The van der Waals surface area contributed by atoms with Crippen molar-refractivity contribution in [2.45, 2.75) is 45.4 Å². The molecule has 1 fully saturated rings. The maximum atomic E-state index is 13.2. The molecule has 0 radical (unpaired) electrons. The first-order valence-corrected chi connectivity index (χ1v) is 11.8. The number of cyclic esters (lactones) is 2. The summed E-state index contributed by atoms with van der Waals surface area (Å²) in [5.74, 6) is -5.10. The van der Waals surface area contributed by atoms with E-state index in [0.29, 0.717) is 0 Å². The molecule has 2 aromatic rings. The van der Waals surface area contributed by atoms with E-state index in [2.05, 4.69) is 5.32 Å². The summed E-state index contributed by atoms with van der Waals surface area (Å²) in [6.07, 6.45) is -2.03. The van der Waals surface area contributed by atoms with Gasteiger partial charge in [0.25, 0.3) is 5.91 Å². The number of hydrogen-bond acceptors (Lipinski definition) is 10. The Morgan fingerprint density at radius 3 is 2.46 bits per heavy atom. The summed E-state index contributed by atoms with van der Waals surface area (Å²) in [6.45, 7) is 4.23. The lowest BCUT2D eigenvalue weighted by molar-refractivity contribution is -0.176. The van der Waals surface area contributed by atoms with Gasteiger partial charge in [-0.05, 0) is 31.0 Å². The number of amides is 1. The molecule has 1 amide bonds. The third-order valence-corrected chi connectivity index (χ3v) is 5.87. The highest BCUT2D eigenvalue weighted by molar-refractivity contribution is 6.01. The van der Waals surface area contributed by atoms with Gasteiger partial charge < -0.3 is 36.1 Å². The minimum absolute atomic E-state index is 0.121. The first-order valence-electron chi connectivity index (χ1n) is 11.8. The molecule has 11 nitrogen and oxygen atoms in total. The standard InChI is InChI=1S/C26H31N3O8/c1-13(2)24(32)37-22-14(3)36-26(34)20(29-23(31)17-10-16(27)11-19(28)21(17)30)12-35-25(33)18(22)9-15-7-5-4-6-8-15/h4-8,10-11,13-14,18,20,22,30H,9,12,27-28H2,1-3H3,(H,29,31)/t14-,18+,20-,22-/m0/s1. The number of hydrogen-bond donors (Lipinski definition) is 4. The molecule has 11 heteroatoms. The third kappa shape index (κ3) is 6.69. The van der Waals surface area contributed by atoms with Crippen LogP contribution in [0, 0.1) is 11.8 Å². The van der Waals surface area contributed by atoms with Crippen LogP contribution >= 0.6 is 0 Å². The van der Waals surface area contributed by atoms with Crippen LogP contribution in [0.1, 0.15) is 36.7 Å². The van der Waals surface area contributed by atoms with E-state index in [1.165, 1.54) is 19.1 Å². The lowest BCUT2D eigenvalue weighted by Crippen LogP contribution is -2.46. The molecule has 0 aliphatic carbocycles. The van der Waals surface area contributed by atoms with Gasteiger partial charge in [-0.3, -0.25) is 14.4 Å². The fraction of sp³-hybridized carbons (Fsp3) is 0.385. The van der Waals surface area contributed by atoms with Crippen molar-refractivity contribution in [2.75, 3.05) is 18.1 Å². The van der Waals surface area contributed by atoms with E-state index in [1.807, 2.05) is 18.2 Å². The molecule has 1 saturated heterocycles. The lowest BCUT2D eigenvalue weighted by atomic mass is 9.91. The molecule has 0 bridgehead atoms. The number of phenols is 1. The molecule has 1 heterocycles. The minimum atomic E-state index is -1.42. The van der Waals surface area contributed by atoms with Crippen molar-refractivity contribution < 1.29 is 38.5 Å². The Kier molecular flexibility index (Phi) is 8.59. The Morgan fingerprint density at radius 2 is 1.81 bits per heavy atom. The van der Waals surface area contributed by atoms with Crippen molar-refractivity contribution in [3.05, 3.63) is 53.6 Å². The SMILES string of the molecule is CC(C)C(=O)O[C@H]1[C@H](C)OC(=O)[C@@H](NC(=O)c2cc(N)cc(N)c2O)COC(=O)[C@@H]1Cc1ccccc1. The van der Waals surface area contributed by atoms with Gasteiger partial charge in [-0.15, -0.1) is 0 Å². The second kappa shape index (κ2) is 11.6. The van der Waals surface area contributed by atoms with Crippen LogP contribution in [0.15, 0.2) is 42.5 Å². The second-order valence-corrected chi connectivity index (χ2v) is 9.16. The third-order valence-electron chi connectivity index (χ3n) is 5.87. The van der Waals surface area contributed by atoms with E-state index >= 15 is 0 Å². The number of carbonyl (C=O) groups excluding carboxylic acids is 4. The van der Waals surface area contributed by atoms with E-state index in [9.17, 15) is 24.3 Å². The maximum Gasteiger partial charge on any atom is 0.332 e. The summed E-state index contributed by atoms with van der Waals surface area (Å²) in [7, 11) is 0. The molecule has 37 heavy (non-hydrogen) atoms. The van der Waals surface area contributed by atoms with Gasteiger partial charge in [-0.25, -0.2) is 4.79 Å². The molecule has 4 atom stereocenters. The number of nitrogens with two attached hydrogens (primary N) is 2. The zero-order valence-corrected chi connectivity index (χ0v) is 20.8. The Hall–Kier alpha value is -4.28. The van der Waals surface area contributed by atoms with Crippen molar-refractivity contribution in [2.24, 2.45) is 11.8 Å². The molecular weight excluding hydrogens is 482 g/mol. The second-order valence-electron chi connectivity index (χ2n) is 9.16. The largest absolute Gasteiger partial charge is 0.505 e. The summed E-state index contributed by atoms with van der Waals surface area (Å²) in [5.41, 5.74) is 11.9. The average Bonchev–Trinajstić information content (AvgIpc) is 2.88. The van der Waals surface area contributed by atoms with Crippen LogP contribution in [0.4, 0.5) is 11.4 Å². The van der Waals surface area contributed by atoms with Crippen LogP contribution in [0.3, 0.4) is 0 Å². The van der Waals surface area contributed by atoms with Crippen molar-refractivity contribution in [1.29, 1.82) is 0 Å². The number of rotatable bonds is 6. The molecular formula is C26H31N3O8. The van der Waals surface area contributed by atoms with Crippen LogP contribution < -0.4 is 16.8 Å². The summed E-state index contributed by atoms with van der Waals surface area (Å²) >= 11 is 0. The zero-order chi connectivity index (χ0) is 27.3. The number of anilines is 2. The van der Waals surface area contributed by atoms with E-state index in [0.717, 1.165) is 5.56 Å². The first kappa shape index (κ1) is 27.3. The highest BCUT2D eigenvalue weighted by atomic mass is 16.6. The number of aromatic hydroxyl groups is 1. The van der Waals surface area contributed by atoms with E-state index < -0.39 is 66.3 Å². The number of nitrogen functional groups attached to an aromatic ring is 2. The molecule has 0 aromatic heterocycles. The number of carbonyl (C=O) groups is 4. The summed E-state index contributed by atoms with van der Waals surface area (Å²) in [4.78, 5) is 51.5. The Balaban J connectivity index is 1.89. The van der Waals surface area contributed by atoms with Crippen molar-refractivity contribution in [3.63, 3.8) is 0 Å². The maximum absolute atomic E-state index is 13.2. The van der Waals surface area contributed by atoms with Crippen LogP contribution in [0.2, 0.25) is 0 Å². The van der Waals surface area contributed by atoms with Crippen LogP contribution in [-0.2, 0) is 35.0 Å². The topological polar surface area (TPSA) is 180 Å². The van der Waals surface area contributed by atoms with Crippen LogP contribution in [0.5, 0.6) is 5.75 Å². The van der Waals surface area contributed by atoms with Gasteiger partial charge in [0.05, 0.1) is 17.2 Å². The van der Waals surface area contributed by atoms with Crippen molar-refractivity contribution in [1.82, 2.24) is 5.32 Å². The quantitative estimate of drug-likeness (QED) is 0.146. The van der Waals surface area contributed by atoms with Gasteiger partial charge in [0.2, 0.25) is 0 Å². The lowest BCUT2D eigenvalue weighted by Gasteiger charge is -2.29. The molecule has 1 aliphatic heterocycles. The van der Waals surface area contributed by atoms with Crippen molar-refractivity contribution >= 4 is 35.2 Å². The molecule has 3 rings (SSSR count). The van der Waals surface area contributed by atoms with Crippen LogP contribution in [-0.4, -0.2) is 53.8 Å². The normalized spacial score (nSPS) is 22.2. The van der Waals surface area contributed by atoms with Crippen LogP contribution in [0.25, 0.3) is 0 Å². The summed E-state index contributed by atoms with van der Waals surface area (Å²) < 4.78 is 16.6. The van der Waals surface area contributed by atoms with Gasteiger partial charge in [0.15, 0.2) is 17.9 Å². The Labute approximate surface area is 214 Å². The van der Waals surface area contributed by atoms with E-state index in [-0.39, 0.29) is 23.4 Å².